The summed E-state index contributed by atoms with van der Waals surface area (Å²) in [5, 5.41) is 1.33. The fourth-order valence-electron chi connectivity index (χ4n) is 2.65. The van der Waals surface area contributed by atoms with E-state index in [9.17, 15) is 0 Å². The Morgan fingerprint density at radius 2 is 1.85 bits per heavy atom. The van der Waals surface area contributed by atoms with Crippen molar-refractivity contribution in [3.05, 3.63) is 66.1 Å². The summed E-state index contributed by atoms with van der Waals surface area (Å²) < 4.78 is 2.32. The molecule has 0 atom stereocenters. The topological polar surface area (TPSA) is 43.8 Å². The molecule has 3 heteroatoms. The van der Waals surface area contributed by atoms with E-state index in [1.54, 1.807) is 0 Å². The van der Waals surface area contributed by atoms with E-state index in [1.807, 2.05) is 12.4 Å². The van der Waals surface area contributed by atoms with Crippen LogP contribution in [0.5, 0.6) is 0 Å². The van der Waals surface area contributed by atoms with Crippen molar-refractivity contribution in [3.8, 4) is 0 Å². The zero-order chi connectivity index (χ0) is 13.8. The second-order valence-electron chi connectivity index (χ2n) is 5.00. The molecule has 3 aromatic rings. The van der Waals surface area contributed by atoms with Crippen molar-refractivity contribution < 1.29 is 0 Å². The van der Waals surface area contributed by atoms with Crippen LogP contribution in [0.2, 0.25) is 0 Å². The molecule has 3 nitrogen and oxygen atoms in total. The summed E-state index contributed by atoms with van der Waals surface area (Å²) in [6, 6.07) is 12.8. The highest BCUT2D eigenvalue weighted by Crippen LogP contribution is 2.21. The molecule has 102 valence electrons. The van der Waals surface area contributed by atoms with E-state index in [-0.39, 0.29) is 0 Å². The van der Waals surface area contributed by atoms with Crippen LogP contribution in [0.3, 0.4) is 0 Å². The SMILES string of the molecule is NCCc1cccc2c1ccn2CCc1ccncc1. The first kappa shape index (κ1) is 12.9. The highest BCUT2D eigenvalue weighted by atomic mass is 14.9. The van der Waals surface area contributed by atoms with Gasteiger partial charge >= 0.3 is 0 Å². The van der Waals surface area contributed by atoms with Crippen molar-refractivity contribution in [1.82, 2.24) is 9.55 Å². The Hall–Kier alpha value is -2.13. The molecule has 0 aliphatic rings. The molecule has 0 aliphatic heterocycles. The lowest BCUT2D eigenvalue weighted by Crippen LogP contribution is -2.03. The molecule has 0 bridgehead atoms. The van der Waals surface area contributed by atoms with Gasteiger partial charge in [0.1, 0.15) is 0 Å². The standard InChI is InChI=1S/C17H19N3/c18-9-4-15-2-1-3-17-16(15)8-13-20(17)12-7-14-5-10-19-11-6-14/h1-3,5-6,8,10-11,13H,4,7,9,12,18H2. The Kier molecular flexibility index (Phi) is 3.79. The van der Waals surface area contributed by atoms with Gasteiger partial charge in [-0.1, -0.05) is 12.1 Å². The molecular formula is C17H19N3. The molecule has 2 aromatic heterocycles. The van der Waals surface area contributed by atoms with E-state index >= 15 is 0 Å². The molecule has 0 fully saturated rings. The van der Waals surface area contributed by atoms with Gasteiger partial charge in [0.25, 0.3) is 0 Å². The van der Waals surface area contributed by atoms with E-state index in [0.29, 0.717) is 6.54 Å². The number of hydrogen-bond donors (Lipinski definition) is 1. The Labute approximate surface area is 119 Å². The first-order chi connectivity index (χ1) is 9.88. The third kappa shape index (κ3) is 2.58. The Morgan fingerprint density at radius 3 is 2.65 bits per heavy atom. The molecule has 0 saturated heterocycles. The molecule has 0 saturated carbocycles. The van der Waals surface area contributed by atoms with Gasteiger partial charge < -0.3 is 10.3 Å². The van der Waals surface area contributed by atoms with E-state index in [2.05, 4.69) is 52.1 Å². The van der Waals surface area contributed by atoms with Gasteiger partial charge in [-0.15, -0.1) is 0 Å². The monoisotopic (exact) mass is 265 g/mol. The van der Waals surface area contributed by atoms with Crippen LogP contribution in [-0.2, 0) is 19.4 Å². The zero-order valence-electron chi connectivity index (χ0n) is 11.5. The molecule has 0 aliphatic carbocycles. The average Bonchev–Trinajstić information content (AvgIpc) is 2.91. The molecule has 2 N–H and O–H groups in total. The van der Waals surface area contributed by atoms with E-state index in [0.717, 1.165) is 19.4 Å². The van der Waals surface area contributed by atoms with Gasteiger partial charge in [0, 0.05) is 36.0 Å². The van der Waals surface area contributed by atoms with E-state index in [1.165, 1.54) is 22.0 Å². The molecule has 20 heavy (non-hydrogen) atoms. The van der Waals surface area contributed by atoms with Crippen LogP contribution in [-0.4, -0.2) is 16.1 Å². The third-order valence-corrected chi connectivity index (χ3v) is 3.71. The number of hydrogen-bond acceptors (Lipinski definition) is 2. The van der Waals surface area contributed by atoms with Crippen molar-refractivity contribution in [2.24, 2.45) is 5.73 Å². The number of nitrogens with zero attached hydrogens (tertiary/aromatic N) is 2. The first-order valence-electron chi connectivity index (χ1n) is 7.04. The Balaban J connectivity index is 1.84. The summed E-state index contributed by atoms with van der Waals surface area (Å²) in [5.41, 5.74) is 9.64. The molecule has 0 spiro atoms. The van der Waals surface area contributed by atoms with Crippen LogP contribution in [0, 0.1) is 0 Å². The summed E-state index contributed by atoms with van der Waals surface area (Å²) in [6.45, 7) is 1.68. The van der Waals surface area contributed by atoms with E-state index in [4.69, 9.17) is 5.73 Å². The van der Waals surface area contributed by atoms with Crippen molar-refractivity contribution in [3.63, 3.8) is 0 Å². The lowest BCUT2D eigenvalue weighted by Gasteiger charge is -2.07. The maximum atomic E-state index is 5.68. The van der Waals surface area contributed by atoms with Crippen molar-refractivity contribution in [2.45, 2.75) is 19.4 Å². The summed E-state index contributed by atoms with van der Waals surface area (Å²) in [6.07, 6.45) is 7.83. The van der Waals surface area contributed by atoms with Gasteiger partial charge in [0.2, 0.25) is 0 Å². The Bertz CT molecular complexity index is 686. The molecule has 3 rings (SSSR count). The predicted molar refractivity (Wildman–Crippen MR) is 82.6 cm³/mol. The highest BCUT2D eigenvalue weighted by molar-refractivity contribution is 5.83. The number of rotatable bonds is 5. The van der Waals surface area contributed by atoms with Gasteiger partial charge in [-0.25, -0.2) is 0 Å². The molecule has 1 aromatic carbocycles. The molecule has 0 amide bonds. The first-order valence-corrected chi connectivity index (χ1v) is 7.04. The molecule has 0 unspecified atom stereocenters. The predicted octanol–water partition coefficient (Wildman–Crippen LogP) is 2.78. The smallest absolute Gasteiger partial charge is 0.0483 e. The molecule has 0 radical (unpaired) electrons. The Morgan fingerprint density at radius 1 is 1.00 bits per heavy atom. The maximum absolute atomic E-state index is 5.68. The number of benzene rings is 1. The van der Waals surface area contributed by atoms with Crippen molar-refractivity contribution in [2.75, 3.05) is 6.54 Å². The van der Waals surface area contributed by atoms with E-state index < -0.39 is 0 Å². The van der Waals surface area contributed by atoms with Crippen LogP contribution in [0.4, 0.5) is 0 Å². The largest absolute Gasteiger partial charge is 0.347 e. The number of nitrogens with two attached hydrogens (primary N) is 1. The van der Waals surface area contributed by atoms with Gasteiger partial charge in [-0.2, -0.15) is 0 Å². The number of pyridine rings is 1. The highest BCUT2D eigenvalue weighted by Gasteiger charge is 2.05. The zero-order valence-corrected chi connectivity index (χ0v) is 11.5. The maximum Gasteiger partial charge on any atom is 0.0483 e. The number of aromatic nitrogens is 2. The summed E-state index contributed by atoms with van der Waals surface area (Å²) in [5.74, 6) is 0. The third-order valence-electron chi connectivity index (χ3n) is 3.71. The van der Waals surface area contributed by atoms with Crippen LogP contribution in [0.15, 0.2) is 55.0 Å². The fourth-order valence-corrected chi connectivity index (χ4v) is 2.65. The summed E-state index contributed by atoms with van der Waals surface area (Å²) in [7, 11) is 0. The van der Waals surface area contributed by atoms with Crippen molar-refractivity contribution >= 4 is 10.9 Å². The van der Waals surface area contributed by atoms with Crippen LogP contribution in [0.25, 0.3) is 10.9 Å². The molecular weight excluding hydrogens is 246 g/mol. The number of fused-ring (bicyclic) bond motifs is 1. The van der Waals surface area contributed by atoms with Crippen LogP contribution < -0.4 is 5.73 Å². The minimum Gasteiger partial charge on any atom is -0.347 e. The minimum absolute atomic E-state index is 0.696. The van der Waals surface area contributed by atoms with Gasteiger partial charge in [0.15, 0.2) is 0 Å². The average molecular weight is 265 g/mol. The summed E-state index contributed by atoms with van der Waals surface area (Å²) in [4.78, 5) is 4.05. The fraction of sp³-hybridized carbons (Fsp3) is 0.235. The lowest BCUT2D eigenvalue weighted by atomic mass is 10.1. The lowest BCUT2D eigenvalue weighted by molar-refractivity contribution is 0.722. The van der Waals surface area contributed by atoms with Crippen LogP contribution in [0.1, 0.15) is 11.1 Å². The second kappa shape index (κ2) is 5.88. The minimum atomic E-state index is 0.696. The van der Waals surface area contributed by atoms with Gasteiger partial charge in [-0.3, -0.25) is 4.98 Å². The number of aryl methyl sites for hydroxylation is 2. The normalized spacial score (nSPS) is 11.1. The van der Waals surface area contributed by atoms with Crippen LogP contribution >= 0.6 is 0 Å². The van der Waals surface area contributed by atoms with Gasteiger partial charge in [-0.05, 0) is 54.8 Å². The second-order valence-corrected chi connectivity index (χ2v) is 5.00. The van der Waals surface area contributed by atoms with Crippen molar-refractivity contribution in [1.29, 1.82) is 0 Å². The van der Waals surface area contributed by atoms with Gasteiger partial charge in [0.05, 0.1) is 0 Å². The molecule has 2 heterocycles. The summed E-state index contributed by atoms with van der Waals surface area (Å²) >= 11 is 0. The quantitative estimate of drug-likeness (QED) is 0.771.